The normalized spacial score (nSPS) is 24.1. The zero-order chi connectivity index (χ0) is 20.6. The number of fused-ring (bicyclic) bond motifs is 1. The van der Waals surface area contributed by atoms with Gasteiger partial charge in [-0.05, 0) is 35.4 Å². The summed E-state index contributed by atoms with van der Waals surface area (Å²) in [5.41, 5.74) is 1.63. The minimum Gasteiger partial charge on any atom is -0.342 e. The molecule has 9 heteroatoms. The lowest BCUT2D eigenvalue weighted by atomic mass is 10.1. The Morgan fingerprint density at radius 3 is 2.45 bits per heavy atom. The van der Waals surface area contributed by atoms with Crippen molar-refractivity contribution in [3.8, 4) is 0 Å². The molecule has 2 fully saturated rings. The number of nitrogens with zero attached hydrogens (tertiary/aromatic N) is 2. The molecule has 0 spiro atoms. The zero-order valence-corrected chi connectivity index (χ0v) is 17.7. The molecule has 0 saturated carbocycles. The number of carbonyl (C=O) groups excluding carboxylic acids is 1. The Labute approximate surface area is 177 Å². The standard InChI is InChI=1S/C20H18ClFN2O3S2/c21-15-5-1-13(2-6-15)9-19(25)23-20-24(10-14-3-7-16(22)8-4-14)17-11-29(26,27)12-18(17)28-20/h1-8,17-18H,9-12H2/t17-,18-/m0/s1. The van der Waals surface area contributed by atoms with E-state index in [4.69, 9.17) is 11.6 Å². The Balaban J connectivity index is 1.56. The van der Waals surface area contributed by atoms with Crippen LogP contribution in [0, 0.1) is 5.82 Å². The summed E-state index contributed by atoms with van der Waals surface area (Å²) in [6.45, 7) is 0.372. The van der Waals surface area contributed by atoms with Crippen LogP contribution in [0.5, 0.6) is 0 Å². The third-order valence-corrected chi connectivity index (χ3v) is 8.43. The van der Waals surface area contributed by atoms with Gasteiger partial charge in [-0.25, -0.2) is 12.8 Å². The van der Waals surface area contributed by atoms with E-state index in [1.165, 1.54) is 23.9 Å². The second-order valence-corrected chi connectivity index (χ2v) is 10.9. The number of amidine groups is 1. The van der Waals surface area contributed by atoms with Gasteiger partial charge in [0.25, 0.3) is 5.91 Å². The van der Waals surface area contributed by atoms with Crippen LogP contribution in [0.1, 0.15) is 11.1 Å². The van der Waals surface area contributed by atoms with Gasteiger partial charge in [-0.3, -0.25) is 4.79 Å². The topological polar surface area (TPSA) is 66.8 Å². The number of halogens is 2. The first-order valence-corrected chi connectivity index (χ1v) is 12.1. The number of carbonyl (C=O) groups is 1. The molecule has 2 atom stereocenters. The summed E-state index contributed by atoms with van der Waals surface area (Å²) in [5.74, 6) is -0.525. The molecule has 0 radical (unpaired) electrons. The van der Waals surface area contributed by atoms with Gasteiger partial charge in [-0.1, -0.05) is 47.6 Å². The molecule has 0 N–H and O–H groups in total. The summed E-state index contributed by atoms with van der Waals surface area (Å²) in [6.07, 6.45) is 0.138. The lowest BCUT2D eigenvalue weighted by Gasteiger charge is -2.24. The lowest BCUT2D eigenvalue weighted by Crippen LogP contribution is -2.37. The smallest absolute Gasteiger partial charge is 0.252 e. The lowest BCUT2D eigenvalue weighted by molar-refractivity contribution is -0.117. The quantitative estimate of drug-likeness (QED) is 0.712. The van der Waals surface area contributed by atoms with Crippen molar-refractivity contribution in [2.24, 2.45) is 4.99 Å². The molecule has 5 nitrogen and oxygen atoms in total. The van der Waals surface area contributed by atoms with Gasteiger partial charge in [0.2, 0.25) is 0 Å². The molecule has 0 bridgehead atoms. The summed E-state index contributed by atoms with van der Waals surface area (Å²) in [4.78, 5) is 18.7. The van der Waals surface area contributed by atoms with Crippen molar-refractivity contribution in [3.63, 3.8) is 0 Å². The maximum absolute atomic E-state index is 13.2. The first-order valence-electron chi connectivity index (χ1n) is 9.03. The molecule has 1 amide bonds. The number of hydrogen-bond donors (Lipinski definition) is 0. The van der Waals surface area contributed by atoms with E-state index in [1.807, 2.05) is 4.90 Å². The Hall–Kier alpha value is -1.90. The number of amides is 1. The number of aliphatic imine (C=N–C) groups is 1. The van der Waals surface area contributed by atoms with Crippen molar-refractivity contribution in [1.82, 2.24) is 4.90 Å². The molecule has 0 aromatic heterocycles. The number of rotatable bonds is 4. The third kappa shape index (κ3) is 4.82. The van der Waals surface area contributed by atoms with Crippen LogP contribution in [0.15, 0.2) is 53.5 Å². The maximum atomic E-state index is 13.2. The molecule has 2 aliphatic heterocycles. The van der Waals surface area contributed by atoms with Crippen molar-refractivity contribution in [1.29, 1.82) is 0 Å². The van der Waals surface area contributed by atoms with Gasteiger partial charge in [0, 0.05) is 16.8 Å². The highest BCUT2D eigenvalue weighted by Gasteiger charge is 2.48. The van der Waals surface area contributed by atoms with E-state index >= 15 is 0 Å². The van der Waals surface area contributed by atoms with Crippen molar-refractivity contribution in [2.45, 2.75) is 24.3 Å². The first-order chi connectivity index (χ1) is 13.8. The molecule has 2 aromatic rings. The first kappa shape index (κ1) is 20.4. The van der Waals surface area contributed by atoms with E-state index in [2.05, 4.69) is 4.99 Å². The van der Waals surface area contributed by atoms with Gasteiger partial charge in [-0.2, -0.15) is 4.99 Å². The fourth-order valence-electron chi connectivity index (χ4n) is 3.53. The van der Waals surface area contributed by atoms with Gasteiger partial charge in [-0.15, -0.1) is 0 Å². The van der Waals surface area contributed by atoms with Gasteiger partial charge >= 0.3 is 0 Å². The minimum absolute atomic E-state index is 0.0380. The van der Waals surface area contributed by atoms with Crippen LogP contribution in [0.2, 0.25) is 5.02 Å². The molecule has 2 saturated heterocycles. The van der Waals surface area contributed by atoms with Gasteiger partial charge in [0.1, 0.15) is 5.82 Å². The maximum Gasteiger partial charge on any atom is 0.252 e. The van der Waals surface area contributed by atoms with Crippen LogP contribution in [0.25, 0.3) is 0 Å². The highest BCUT2D eigenvalue weighted by molar-refractivity contribution is 8.15. The molecule has 4 rings (SSSR count). The van der Waals surface area contributed by atoms with Crippen LogP contribution >= 0.6 is 23.4 Å². The molecule has 0 aliphatic carbocycles. The number of benzene rings is 2. The molecule has 2 heterocycles. The Morgan fingerprint density at radius 2 is 1.76 bits per heavy atom. The van der Waals surface area contributed by atoms with Crippen LogP contribution < -0.4 is 0 Å². The van der Waals surface area contributed by atoms with Gasteiger partial charge in [0.15, 0.2) is 15.0 Å². The Morgan fingerprint density at radius 1 is 1.10 bits per heavy atom. The van der Waals surface area contributed by atoms with E-state index in [0.29, 0.717) is 16.7 Å². The van der Waals surface area contributed by atoms with Crippen molar-refractivity contribution >= 4 is 44.3 Å². The van der Waals surface area contributed by atoms with Gasteiger partial charge in [0.05, 0.1) is 24.0 Å². The number of hydrogen-bond acceptors (Lipinski definition) is 4. The highest BCUT2D eigenvalue weighted by atomic mass is 35.5. The Kier molecular flexibility index (Phi) is 5.68. The predicted molar refractivity (Wildman–Crippen MR) is 113 cm³/mol. The van der Waals surface area contributed by atoms with E-state index in [-0.39, 0.29) is 40.9 Å². The summed E-state index contributed by atoms with van der Waals surface area (Å²) < 4.78 is 37.4. The van der Waals surface area contributed by atoms with Gasteiger partial charge < -0.3 is 4.90 Å². The average Bonchev–Trinajstić information content (AvgIpc) is 3.11. The predicted octanol–water partition coefficient (Wildman–Crippen LogP) is 3.32. The van der Waals surface area contributed by atoms with Crippen LogP contribution in [-0.2, 0) is 27.6 Å². The van der Waals surface area contributed by atoms with E-state index < -0.39 is 9.84 Å². The fraction of sp³-hybridized carbons (Fsp3) is 0.300. The van der Waals surface area contributed by atoms with Crippen LogP contribution in [0.3, 0.4) is 0 Å². The molecule has 2 aliphatic rings. The highest BCUT2D eigenvalue weighted by Crippen LogP contribution is 2.39. The summed E-state index contributed by atoms with van der Waals surface area (Å²) in [6, 6.07) is 12.8. The van der Waals surface area contributed by atoms with Crippen LogP contribution in [-0.4, -0.2) is 47.2 Å². The Bertz CT molecular complexity index is 1060. The number of thioether (sulfide) groups is 1. The summed E-state index contributed by atoms with van der Waals surface area (Å²) >= 11 is 7.21. The fourth-order valence-corrected chi connectivity index (χ4v) is 7.62. The van der Waals surface area contributed by atoms with E-state index in [0.717, 1.165) is 11.1 Å². The molecule has 29 heavy (non-hydrogen) atoms. The zero-order valence-electron chi connectivity index (χ0n) is 15.3. The third-order valence-electron chi connectivity index (χ3n) is 4.93. The summed E-state index contributed by atoms with van der Waals surface area (Å²) in [5, 5.41) is 0.971. The van der Waals surface area contributed by atoms with Crippen molar-refractivity contribution < 1.29 is 17.6 Å². The second kappa shape index (κ2) is 8.08. The monoisotopic (exact) mass is 452 g/mol. The molecule has 2 aromatic carbocycles. The summed E-state index contributed by atoms with van der Waals surface area (Å²) in [7, 11) is -3.12. The number of sulfone groups is 1. The largest absolute Gasteiger partial charge is 0.342 e. The molecular formula is C20H18ClFN2O3S2. The van der Waals surface area contributed by atoms with E-state index in [1.54, 1.807) is 36.4 Å². The van der Waals surface area contributed by atoms with Crippen LogP contribution in [0.4, 0.5) is 4.39 Å². The van der Waals surface area contributed by atoms with E-state index in [9.17, 15) is 17.6 Å². The minimum atomic E-state index is -3.12. The van der Waals surface area contributed by atoms with Crippen molar-refractivity contribution in [3.05, 3.63) is 70.5 Å². The average molecular weight is 453 g/mol. The SMILES string of the molecule is O=C(Cc1ccc(Cl)cc1)N=C1S[C@H]2CS(=O)(=O)C[C@@H]2N1Cc1ccc(F)cc1. The molecule has 0 unspecified atom stereocenters. The van der Waals surface area contributed by atoms with Crippen molar-refractivity contribution in [2.75, 3.05) is 11.5 Å². The second-order valence-electron chi connectivity index (χ2n) is 7.15. The molecular weight excluding hydrogens is 435 g/mol. The molecule has 152 valence electrons.